The Bertz CT molecular complexity index is 297. The first-order valence-corrected chi connectivity index (χ1v) is 3.99. The molecule has 1 aliphatic rings. The zero-order chi connectivity index (χ0) is 8.55. The number of phenolic OH excluding ortho intramolecular Hbond substituents is 1. The van der Waals surface area contributed by atoms with E-state index in [0.29, 0.717) is 5.56 Å². The van der Waals surface area contributed by atoms with Gasteiger partial charge in [-0.1, -0.05) is 6.07 Å². The highest BCUT2D eigenvalue weighted by Crippen LogP contribution is 2.27. The van der Waals surface area contributed by atoms with Gasteiger partial charge in [-0.15, -0.1) is 0 Å². The Balaban J connectivity index is 2.31. The van der Waals surface area contributed by atoms with Gasteiger partial charge in [0.2, 0.25) is 0 Å². The molecule has 1 aromatic rings. The van der Waals surface area contributed by atoms with Gasteiger partial charge in [0.25, 0.3) is 0 Å². The van der Waals surface area contributed by atoms with Crippen LogP contribution >= 0.6 is 0 Å². The Kier molecular flexibility index (Phi) is 1.73. The van der Waals surface area contributed by atoms with Crippen molar-refractivity contribution in [1.82, 2.24) is 5.32 Å². The lowest BCUT2D eigenvalue weighted by Gasteiger charge is -2.28. The molecule has 1 aromatic carbocycles. The summed E-state index contributed by atoms with van der Waals surface area (Å²) in [6.45, 7) is 0.949. The van der Waals surface area contributed by atoms with Gasteiger partial charge in [0.05, 0.1) is 0 Å². The molecule has 1 aliphatic heterocycles. The third kappa shape index (κ3) is 1.16. The van der Waals surface area contributed by atoms with E-state index in [2.05, 4.69) is 5.32 Å². The Morgan fingerprint density at radius 1 is 1.50 bits per heavy atom. The van der Waals surface area contributed by atoms with E-state index in [1.807, 2.05) is 0 Å². The minimum absolute atomic E-state index is 0.0180. The first-order chi connectivity index (χ1) is 5.77. The number of hydrogen-bond donors (Lipinski definition) is 2. The van der Waals surface area contributed by atoms with Gasteiger partial charge >= 0.3 is 0 Å². The number of hydrogen-bond acceptors (Lipinski definition) is 2. The lowest BCUT2D eigenvalue weighted by Crippen LogP contribution is -2.35. The molecule has 0 saturated carbocycles. The summed E-state index contributed by atoms with van der Waals surface area (Å²) in [5, 5.41) is 12.1. The van der Waals surface area contributed by atoms with Crippen molar-refractivity contribution in [1.29, 1.82) is 0 Å². The number of nitrogens with one attached hydrogen (secondary N) is 1. The van der Waals surface area contributed by atoms with E-state index >= 15 is 0 Å². The van der Waals surface area contributed by atoms with Gasteiger partial charge in [0.15, 0.2) is 0 Å². The van der Waals surface area contributed by atoms with Crippen LogP contribution in [0, 0.1) is 5.82 Å². The molecule has 1 atom stereocenters. The van der Waals surface area contributed by atoms with Gasteiger partial charge in [-0.25, -0.2) is 4.39 Å². The lowest BCUT2D eigenvalue weighted by atomic mass is 9.97. The number of aromatic hydroxyl groups is 1. The molecule has 0 unspecified atom stereocenters. The highest BCUT2D eigenvalue weighted by Gasteiger charge is 2.21. The van der Waals surface area contributed by atoms with E-state index < -0.39 is 0 Å². The van der Waals surface area contributed by atoms with E-state index in [-0.39, 0.29) is 17.6 Å². The molecule has 2 N–H and O–H groups in total. The summed E-state index contributed by atoms with van der Waals surface area (Å²) in [6, 6.07) is 4.43. The quantitative estimate of drug-likeness (QED) is 0.665. The Labute approximate surface area is 70.0 Å². The third-order valence-corrected chi connectivity index (χ3v) is 2.18. The number of rotatable bonds is 1. The van der Waals surface area contributed by atoms with Gasteiger partial charge in [-0.3, -0.25) is 0 Å². The number of phenols is 1. The first-order valence-electron chi connectivity index (χ1n) is 3.99. The van der Waals surface area contributed by atoms with Crippen molar-refractivity contribution in [3.8, 4) is 5.75 Å². The average Bonchev–Trinajstić information content (AvgIpc) is 1.91. The molecule has 1 fully saturated rings. The summed E-state index contributed by atoms with van der Waals surface area (Å²) in [4.78, 5) is 0. The predicted octanol–water partition coefficient (Wildman–Crippen LogP) is 1.57. The maximum absolute atomic E-state index is 13.1. The van der Waals surface area contributed by atoms with Gasteiger partial charge in [0, 0.05) is 17.7 Å². The molecule has 0 amide bonds. The molecular weight excluding hydrogens is 157 g/mol. The maximum Gasteiger partial charge on any atom is 0.131 e. The molecule has 0 aliphatic carbocycles. The molecule has 0 bridgehead atoms. The van der Waals surface area contributed by atoms with Crippen molar-refractivity contribution < 1.29 is 9.50 Å². The molecule has 3 heteroatoms. The average molecular weight is 167 g/mol. The molecule has 1 saturated heterocycles. The van der Waals surface area contributed by atoms with Crippen LogP contribution in [0.3, 0.4) is 0 Å². The number of halogens is 1. The minimum Gasteiger partial charge on any atom is -0.508 e. The van der Waals surface area contributed by atoms with E-state index in [1.165, 1.54) is 6.07 Å². The minimum atomic E-state index is -0.327. The van der Waals surface area contributed by atoms with Crippen LogP contribution in [-0.4, -0.2) is 11.7 Å². The van der Waals surface area contributed by atoms with Gasteiger partial charge < -0.3 is 10.4 Å². The fourth-order valence-electron chi connectivity index (χ4n) is 1.35. The van der Waals surface area contributed by atoms with Gasteiger partial charge in [0.1, 0.15) is 11.6 Å². The normalized spacial score (nSPS) is 21.9. The van der Waals surface area contributed by atoms with E-state index in [0.717, 1.165) is 19.0 Å². The van der Waals surface area contributed by atoms with Gasteiger partial charge in [-0.2, -0.15) is 0 Å². The Morgan fingerprint density at radius 3 is 2.75 bits per heavy atom. The van der Waals surface area contributed by atoms with Crippen LogP contribution in [0.1, 0.15) is 18.0 Å². The van der Waals surface area contributed by atoms with E-state index in [9.17, 15) is 4.39 Å². The molecular formula is C9H10FNO. The molecule has 2 nitrogen and oxygen atoms in total. The molecule has 64 valence electrons. The molecule has 12 heavy (non-hydrogen) atoms. The second-order valence-corrected chi connectivity index (χ2v) is 3.00. The smallest absolute Gasteiger partial charge is 0.131 e. The molecule has 0 radical (unpaired) electrons. The van der Waals surface area contributed by atoms with E-state index in [1.54, 1.807) is 6.07 Å². The Morgan fingerprint density at radius 2 is 2.25 bits per heavy atom. The summed E-state index contributed by atoms with van der Waals surface area (Å²) in [5.74, 6) is -0.345. The summed E-state index contributed by atoms with van der Waals surface area (Å²) in [7, 11) is 0. The van der Waals surface area contributed by atoms with Crippen molar-refractivity contribution in [2.75, 3.05) is 6.54 Å². The summed E-state index contributed by atoms with van der Waals surface area (Å²) < 4.78 is 13.1. The molecule has 0 aromatic heterocycles. The molecule has 0 spiro atoms. The lowest BCUT2D eigenvalue weighted by molar-refractivity contribution is 0.368. The van der Waals surface area contributed by atoms with Crippen LogP contribution < -0.4 is 5.32 Å². The fraction of sp³-hybridized carbons (Fsp3) is 0.333. The van der Waals surface area contributed by atoms with Crippen LogP contribution in [0.15, 0.2) is 18.2 Å². The summed E-state index contributed by atoms with van der Waals surface area (Å²) in [6.07, 6.45) is 0.974. The maximum atomic E-state index is 13.1. The first kappa shape index (κ1) is 7.55. The van der Waals surface area contributed by atoms with Crippen LogP contribution in [-0.2, 0) is 0 Å². The van der Waals surface area contributed by atoms with Crippen LogP contribution in [0.25, 0.3) is 0 Å². The van der Waals surface area contributed by atoms with Crippen LogP contribution in [0.2, 0.25) is 0 Å². The zero-order valence-corrected chi connectivity index (χ0v) is 6.55. The summed E-state index contributed by atoms with van der Waals surface area (Å²) in [5.41, 5.74) is 0.652. The highest BCUT2D eigenvalue weighted by molar-refractivity contribution is 5.30. The van der Waals surface area contributed by atoms with Crippen molar-refractivity contribution >= 4 is 0 Å². The third-order valence-electron chi connectivity index (χ3n) is 2.18. The second kappa shape index (κ2) is 2.75. The molecule has 1 heterocycles. The SMILES string of the molecule is Oc1ccc([C@@H]2CCN2)c(F)c1. The summed E-state index contributed by atoms with van der Waals surface area (Å²) >= 11 is 0. The topological polar surface area (TPSA) is 32.3 Å². The van der Waals surface area contributed by atoms with Crippen LogP contribution in [0.5, 0.6) is 5.75 Å². The van der Waals surface area contributed by atoms with Gasteiger partial charge in [-0.05, 0) is 19.0 Å². The van der Waals surface area contributed by atoms with Crippen LogP contribution in [0.4, 0.5) is 4.39 Å². The Hall–Kier alpha value is -1.09. The standard InChI is InChI=1S/C9H10FNO/c10-8-5-6(12)1-2-7(8)9-3-4-11-9/h1-2,5,9,11-12H,3-4H2/t9-/m0/s1. The van der Waals surface area contributed by atoms with Crippen molar-refractivity contribution in [2.24, 2.45) is 0 Å². The molecule has 2 rings (SSSR count). The van der Waals surface area contributed by atoms with Crippen molar-refractivity contribution in [3.05, 3.63) is 29.6 Å². The monoisotopic (exact) mass is 167 g/mol. The fourth-order valence-corrected chi connectivity index (χ4v) is 1.35. The number of benzene rings is 1. The largest absolute Gasteiger partial charge is 0.508 e. The highest BCUT2D eigenvalue weighted by atomic mass is 19.1. The van der Waals surface area contributed by atoms with Crippen molar-refractivity contribution in [2.45, 2.75) is 12.5 Å². The van der Waals surface area contributed by atoms with Crippen molar-refractivity contribution in [3.63, 3.8) is 0 Å². The van der Waals surface area contributed by atoms with E-state index in [4.69, 9.17) is 5.11 Å². The second-order valence-electron chi connectivity index (χ2n) is 3.00. The predicted molar refractivity (Wildman–Crippen MR) is 43.4 cm³/mol. The zero-order valence-electron chi connectivity index (χ0n) is 6.55.